The van der Waals surface area contributed by atoms with Crippen molar-refractivity contribution < 1.29 is 22.6 Å². The van der Waals surface area contributed by atoms with Gasteiger partial charge in [0.25, 0.3) is 0 Å². The number of aromatic nitrogens is 2. The highest BCUT2D eigenvalue weighted by molar-refractivity contribution is 6.18. The number of halogens is 4. The zero-order valence-corrected chi connectivity index (χ0v) is 17.4. The van der Waals surface area contributed by atoms with Crippen LogP contribution in [0.4, 0.5) is 13.2 Å². The topological polar surface area (TPSA) is 36.3 Å². The highest BCUT2D eigenvalue weighted by Gasteiger charge is 2.31. The Labute approximate surface area is 172 Å². The predicted octanol–water partition coefficient (Wildman–Crippen LogP) is 6.42. The number of nitrogens with zero attached hydrogens (tertiary/aromatic N) is 2. The first-order valence-corrected chi connectivity index (χ1v) is 9.70. The van der Waals surface area contributed by atoms with Crippen LogP contribution >= 0.6 is 11.6 Å². The number of pyridine rings is 1. The Morgan fingerprint density at radius 2 is 1.90 bits per heavy atom. The highest BCUT2D eigenvalue weighted by atomic mass is 35.5. The molecule has 4 nitrogen and oxygen atoms in total. The van der Waals surface area contributed by atoms with E-state index in [-0.39, 0.29) is 17.5 Å². The number of ether oxygens (including phenoxy) is 2. The Bertz CT molecular complexity index is 1030. The lowest BCUT2D eigenvalue weighted by Gasteiger charge is -2.17. The first-order valence-electron chi connectivity index (χ1n) is 9.17. The second-order valence-electron chi connectivity index (χ2n) is 6.87. The molecule has 0 spiro atoms. The molecular weight excluding hydrogens is 405 g/mol. The second-order valence-corrected chi connectivity index (χ2v) is 7.18. The normalized spacial score (nSPS) is 13.0. The summed E-state index contributed by atoms with van der Waals surface area (Å²) in [7, 11) is 1.40. The van der Waals surface area contributed by atoms with Gasteiger partial charge in [-0.3, -0.25) is 0 Å². The van der Waals surface area contributed by atoms with E-state index in [0.29, 0.717) is 17.1 Å². The van der Waals surface area contributed by atoms with Gasteiger partial charge in [0, 0.05) is 29.7 Å². The van der Waals surface area contributed by atoms with Crippen molar-refractivity contribution in [2.24, 2.45) is 0 Å². The summed E-state index contributed by atoms with van der Waals surface area (Å²) in [6.07, 6.45) is -1.84. The van der Waals surface area contributed by atoms with Gasteiger partial charge in [0.2, 0.25) is 0 Å². The zero-order chi connectivity index (χ0) is 21.3. The van der Waals surface area contributed by atoms with E-state index in [1.165, 1.54) is 25.3 Å². The highest BCUT2D eigenvalue weighted by Crippen LogP contribution is 2.37. The quantitative estimate of drug-likeness (QED) is 0.427. The van der Waals surface area contributed by atoms with Crippen molar-refractivity contribution in [3.8, 4) is 22.8 Å². The first-order chi connectivity index (χ1) is 13.7. The molecule has 0 aliphatic carbocycles. The van der Waals surface area contributed by atoms with Gasteiger partial charge in [0.15, 0.2) is 0 Å². The molecule has 29 heavy (non-hydrogen) atoms. The molecule has 156 valence electrons. The molecule has 2 heterocycles. The van der Waals surface area contributed by atoms with Crippen LogP contribution in [-0.4, -0.2) is 28.9 Å². The maximum Gasteiger partial charge on any atom is 0.573 e. The fourth-order valence-corrected chi connectivity index (χ4v) is 3.81. The van der Waals surface area contributed by atoms with E-state index >= 15 is 0 Å². The first kappa shape index (κ1) is 21.3. The van der Waals surface area contributed by atoms with Gasteiger partial charge in [0.1, 0.15) is 11.5 Å². The molecule has 0 radical (unpaired) electrons. The summed E-state index contributed by atoms with van der Waals surface area (Å²) in [4.78, 5) is 4.82. The SMILES string of the molecule is CCC(CCl)n1cc(C)c2nc(-c3ccc(OC(F)(F)F)cc3OC)c(C)cc21. The fourth-order valence-electron chi connectivity index (χ4n) is 3.44. The second kappa shape index (κ2) is 8.14. The fraction of sp³-hybridized carbons (Fsp3) is 0.381. The average molecular weight is 427 g/mol. The Kier molecular flexibility index (Phi) is 5.98. The number of hydrogen-bond donors (Lipinski definition) is 0. The summed E-state index contributed by atoms with van der Waals surface area (Å²) in [5, 5.41) is 0. The Hall–Kier alpha value is -2.41. The summed E-state index contributed by atoms with van der Waals surface area (Å²) in [5.41, 5.74) is 4.93. The Morgan fingerprint density at radius 3 is 2.48 bits per heavy atom. The smallest absolute Gasteiger partial charge is 0.496 e. The molecule has 8 heteroatoms. The third kappa shape index (κ3) is 4.29. The van der Waals surface area contributed by atoms with Gasteiger partial charge >= 0.3 is 6.36 Å². The molecular formula is C21H22ClF3N2O2. The van der Waals surface area contributed by atoms with Gasteiger partial charge in [-0.2, -0.15) is 0 Å². The summed E-state index contributed by atoms with van der Waals surface area (Å²) >= 11 is 6.13. The number of aryl methyl sites for hydroxylation is 2. The lowest BCUT2D eigenvalue weighted by Crippen LogP contribution is -2.17. The summed E-state index contributed by atoms with van der Waals surface area (Å²) in [6.45, 7) is 5.97. The van der Waals surface area contributed by atoms with E-state index in [1.54, 1.807) is 0 Å². The van der Waals surface area contributed by atoms with Gasteiger partial charge in [-0.1, -0.05) is 6.92 Å². The van der Waals surface area contributed by atoms with Crippen molar-refractivity contribution >= 4 is 22.6 Å². The van der Waals surface area contributed by atoms with Crippen LogP contribution in [0.5, 0.6) is 11.5 Å². The Morgan fingerprint density at radius 1 is 1.17 bits per heavy atom. The number of alkyl halides is 4. The number of fused-ring (bicyclic) bond motifs is 1. The van der Waals surface area contributed by atoms with Crippen molar-refractivity contribution in [1.82, 2.24) is 9.55 Å². The molecule has 1 atom stereocenters. The molecule has 0 aliphatic rings. The van der Waals surface area contributed by atoms with Crippen LogP contribution in [0, 0.1) is 13.8 Å². The van der Waals surface area contributed by atoms with E-state index in [2.05, 4.69) is 16.2 Å². The third-order valence-electron chi connectivity index (χ3n) is 4.88. The molecule has 0 bridgehead atoms. The van der Waals surface area contributed by atoms with E-state index in [4.69, 9.17) is 21.3 Å². The summed E-state index contributed by atoms with van der Waals surface area (Å²) in [6, 6.07) is 6.19. The molecule has 2 aromatic heterocycles. The minimum absolute atomic E-state index is 0.160. The molecule has 3 rings (SSSR count). The van der Waals surface area contributed by atoms with Crippen molar-refractivity contribution in [3.63, 3.8) is 0 Å². The summed E-state index contributed by atoms with van der Waals surface area (Å²) < 4.78 is 49.0. The predicted molar refractivity (Wildman–Crippen MR) is 108 cm³/mol. The maximum absolute atomic E-state index is 12.5. The van der Waals surface area contributed by atoms with Crippen molar-refractivity contribution in [1.29, 1.82) is 0 Å². The van der Waals surface area contributed by atoms with Crippen LogP contribution in [0.3, 0.4) is 0 Å². The molecule has 0 fully saturated rings. The van der Waals surface area contributed by atoms with E-state index in [9.17, 15) is 13.2 Å². The molecule has 0 N–H and O–H groups in total. The van der Waals surface area contributed by atoms with Gasteiger partial charge in [-0.15, -0.1) is 24.8 Å². The summed E-state index contributed by atoms with van der Waals surface area (Å²) in [5.74, 6) is 0.410. The lowest BCUT2D eigenvalue weighted by atomic mass is 10.0. The molecule has 3 aromatic rings. The van der Waals surface area contributed by atoms with Gasteiger partial charge in [0.05, 0.1) is 23.8 Å². The van der Waals surface area contributed by atoms with Crippen LogP contribution in [0.15, 0.2) is 30.5 Å². The van der Waals surface area contributed by atoms with Crippen molar-refractivity contribution in [3.05, 3.63) is 41.6 Å². The average Bonchev–Trinajstić information content (AvgIpc) is 2.96. The number of hydrogen-bond acceptors (Lipinski definition) is 3. The zero-order valence-electron chi connectivity index (χ0n) is 16.6. The van der Waals surface area contributed by atoms with E-state index in [1.807, 2.05) is 26.1 Å². The van der Waals surface area contributed by atoms with Crippen LogP contribution in [0.1, 0.15) is 30.5 Å². The minimum atomic E-state index is -4.77. The maximum atomic E-state index is 12.5. The molecule has 0 aliphatic heterocycles. The van der Waals surface area contributed by atoms with Crippen molar-refractivity contribution in [2.75, 3.05) is 13.0 Å². The molecule has 0 saturated heterocycles. The van der Waals surface area contributed by atoms with E-state index < -0.39 is 6.36 Å². The monoisotopic (exact) mass is 426 g/mol. The molecule has 0 amide bonds. The van der Waals surface area contributed by atoms with E-state index in [0.717, 1.165) is 28.6 Å². The molecule has 1 aromatic carbocycles. The van der Waals surface area contributed by atoms with Gasteiger partial charge in [-0.05, 0) is 49.6 Å². The Balaban J connectivity index is 2.13. The largest absolute Gasteiger partial charge is 0.573 e. The van der Waals surface area contributed by atoms with Crippen LogP contribution in [-0.2, 0) is 0 Å². The van der Waals surface area contributed by atoms with Crippen LogP contribution in [0.25, 0.3) is 22.3 Å². The van der Waals surface area contributed by atoms with Crippen LogP contribution in [0.2, 0.25) is 0 Å². The number of methoxy groups -OCH3 is 1. The van der Waals surface area contributed by atoms with Gasteiger partial charge in [-0.25, -0.2) is 4.98 Å². The minimum Gasteiger partial charge on any atom is -0.496 e. The molecule has 0 saturated carbocycles. The van der Waals surface area contributed by atoms with Crippen molar-refractivity contribution in [2.45, 2.75) is 39.6 Å². The number of benzene rings is 1. The third-order valence-corrected chi connectivity index (χ3v) is 5.24. The van der Waals surface area contributed by atoms with Gasteiger partial charge < -0.3 is 14.0 Å². The molecule has 1 unspecified atom stereocenters. The lowest BCUT2D eigenvalue weighted by molar-refractivity contribution is -0.274. The number of rotatable bonds is 6. The van der Waals surface area contributed by atoms with Crippen LogP contribution < -0.4 is 9.47 Å². The standard InChI is InChI=1S/C21H22ClF3N2O2/c1-5-14(10-22)27-11-13(3)20-17(27)8-12(2)19(26-20)16-7-6-15(9-18(16)28-4)29-21(23,24)25/h6-9,11,14H,5,10H2,1-4H3.